The fraction of sp³-hybridized carbons (Fsp3) is 0.579. The van der Waals surface area contributed by atoms with Gasteiger partial charge in [-0.1, -0.05) is 12.1 Å². The number of hydrogen-bond acceptors (Lipinski definition) is 6. The van der Waals surface area contributed by atoms with Crippen molar-refractivity contribution in [3.05, 3.63) is 39.9 Å². The van der Waals surface area contributed by atoms with Crippen LogP contribution in [0.3, 0.4) is 0 Å². The number of carbonyl (C=O) groups is 2. The van der Waals surface area contributed by atoms with Crippen LogP contribution < -0.4 is 4.74 Å². The standard InChI is InChI=1S/C19H25NO6/c1-18(2,3)26-17(22)19(10-6-9-16(19)21)15(12-20(23)24)13-7-5-8-14(11-13)25-4/h5,7-8,11,15H,6,9-10,12H2,1-4H3/t15-,19+/m0/s1. The monoisotopic (exact) mass is 363 g/mol. The number of ketones is 1. The summed E-state index contributed by atoms with van der Waals surface area (Å²) >= 11 is 0. The minimum absolute atomic E-state index is 0.220. The second-order valence-electron chi connectivity index (χ2n) is 7.59. The van der Waals surface area contributed by atoms with Gasteiger partial charge in [0.15, 0.2) is 5.78 Å². The molecule has 0 spiro atoms. The summed E-state index contributed by atoms with van der Waals surface area (Å²) in [5.74, 6) is -1.36. The SMILES string of the molecule is COc1cccc([C@H](C[N+](=O)[O-])[C@]2(C(=O)OC(C)(C)C)CCCC2=O)c1. The van der Waals surface area contributed by atoms with Gasteiger partial charge in [-0.2, -0.15) is 0 Å². The van der Waals surface area contributed by atoms with Crippen molar-refractivity contribution >= 4 is 11.8 Å². The molecule has 7 nitrogen and oxygen atoms in total. The maximum atomic E-state index is 13.0. The zero-order chi connectivity index (χ0) is 19.5. The van der Waals surface area contributed by atoms with E-state index in [9.17, 15) is 19.7 Å². The number of nitrogens with zero attached hydrogens (tertiary/aromatic N) is 1. The highest BCUT2D eigenvalue weighted by Crippen LogP contribution is 2.48. The Hall–Kier alpha value is -2.44. The molecule has 7 heteroatoms. The molecule has 1 aromatic carbocycles. The Morgan fingerprint density at radius 1 is 1.38 bits per heavy atom. The van der Waals surface area contributed by atoms with Crippen LogP contribution in [0.25, 0.3) is 0 Å². The van der Waals surface area contributed by atoms with Gasteiger partial charge in [0.05, 0.1) is 13.0 Å². The lowest BCUT2D eigenvalue weighted by atomic mass is 9.69. The summed E-state index contributed by atoms with van der Waals surface area (Å²) in [7, 11) is 1.49. The first kappa shape index (κ1) is 19.9. The van der Waals surface area contributed by atoms with E-state index in [2.05, 4.69) is 0 Å². The molecule has 0 N–H and O–H groups in total. The molecule has 1 aliphatic rings. The number of rotatable bonds is 6. The van der Waals surface area contributed by atoms with Gasteiger partial charge in [0.2, 0.25) is 6.54 Å². The predicted molar refractivity (Wildman–Crippen MR) is 94.7 cm³/mol. The van der Waals surface area contributed by atoms with Crippen molar-refractivity contribution in [3.63, 3.8) is 0 Å². The summed E-state index contributed by atoms with van der Waals surface area (Å²) in [4.78, 5) is 36.7. The van der Waals surface area contributed by atoms with E-state index in [1.54, 1.807) is 45.0 Å². The average Bonchev–Trinajstić information content (AvgIpc) is 2.93. The van der Waals surface area contributed by atoms with Crippen molar-refractivity contribution in [3.8, 4) is 5.75 Å². The van der Waals surface area contributed by atoms with Crippen LogP contribution in [0.4, 0.5) is 0 Å². The molecule has 2 atom stereocenters. The van der Waals surface area contributed by atoms with Crippen molar-refractivity contribution in [2.75, 3.05) is 13.7 Å². The van der Waals surface area contributed by atoms with Crippen LogP contribution in [0, 0.1) is 15.5 Å². The number of methoxy groups -OCH3 is 1. The molecule has 1 aromatic rings. The lowest BCUT2D eigenvalue weighted by Crippen LogP contribution is -2.47. The number of nitro groups is 1. The van der Waals surface area contributed by atoms with E-state index < -0.39 is 34.4 Å². The van der Waals surface area contributed by atoms with E-state index in [1.165, 1.54) is 7.11 Å². The fourth-order valence-electron chi connectivity index (χ4n) is 3.54. The minimum Gasteiger partial charge on any atom is -0.497 e. The summed E-state index contributed by atoms with van der Waals surface area (Å²) in [6.45, 7) is 4.61. The maximum absolute atomic E-state index is 13.0. The molecule has 0 aliphatic heterocycles. The second kappa shape index (κ2) is 7.43. The van der Waals surface area contributed by atoms with E-state index in [4.69, 9.17) is 9.47 Å². The Morgan fingerprint density at radius 3 is 2.58 bits per heavy atom. The first-order valence-electron chi connectivity index (χ1n) is 8.62. The largest absolute Gasteiger partial charge is 0.497 e. The molecule has 0 radical (unpaired) electrons. The highest BCUT2D eigenvalue weighted by Gasteiger charge is 2.58. The van der Waals surface area contributed by atoms with Gasteiger partial charge < -0.3 is 9.47 Å². The first-order valence-corrected chi connectivity index (χ1v) is 8.62. The van der Waals surface area contributed by atoms with Gasteiger partial charge in [-0.05, 0) is 51.3 Å². The Kier molecular flexibility index (Phi) is 5.68. The number of Topliss-reactive ketones (excluding diaryl/α,β-unsaturated/α-hetero) is 1. The van der Waals surface area contributed by atoms with E-state index in [-0.39, 0.29) is 18.6 Å². The third-order valence-electron chi connectivity index (χ3n) is 4.66. The molecule has 0 unspecified atom stereocenters. The maximum Gasteiger partial charge on any atom is 0.321 e. The lowest BCUT2D eigenvalue weighted by Gasteiger charge is -2.34. The van der Waals surface area contributed by atoms with Crippen molar-refractivity contribution < 1.29 is 24.0 Å². The fourth-order valence-corrected chi connectivity index (χ4v) is 3.54. The Bertz CT molecular complexity index is 708. The van der Waals surface area contributed by atoms with Crippen LogP contribution in [0.1, 0.15) is 51.5 Å². The van der Waals surface area contributed by atoms with Crippen LogP contribution in [0.15, 0.2) is 24.3 Å². The number of ether oxygens (including phenoxy) is 2. The summed E-state index contributed by atoms with van der Waals surface area (Å²) < 4.78 is 10.7. The van der Waals surface area contributed by atoms with E-state index >= 15 is 0 Å². The minimum atomic E-state index is -1.54. The second-order valence-corrected chi connectivity index (χ2v) is 7.59. The van der Waals surface area contributed by atoms with Crippen molar-refractivity contribution in [2.45, 2.75) is 51.6 Å². The van der Waals surface area contributed by atoms with Crippen molar-refractivity contribution in [1.29, 1.82) is 0 Å². The Morgan fingerprint density at radius 2 is 2.08 bits per heavy atom. The number of esters is 1. The molecule has 142 valence electrons. The Balaban J connectivity index is 2.57. The molecule has 0 bridgehead atoms. The zero-order valence-electron chi connectivity index (χ0n) is 15.6. The summed E-state index contributed by atoms with van der Waals surface area (Å²) in [5.41, 5.74) is -1.80. The third-order valence-corrected chi connectivity index (χ3v) is 4.66. The smallest absolute Gasteiger partial charge is 0.321 e. The van der Waals surface area contributed by atoms with Gasteiger partial charge in [0, 0.05) is 11.3 Å². The highest BCUT2D eigenvalue weighted by molar-refractivity contribution is 6.06. The van der Waals surface area contributed by atoms with E-state index in [1.807, 2.05) is 0 Å². The topological polar surface area (TPSA) is 95.7 Å². The molecule has 0 heterocycles. The van der Waals surface area contributed by atoms with Gasteiger partial charge in [-0.3, -0.25) is 19.7 Å². The molecule has 26 heavy (non-hydrogen) atoms. The molecule has 0 aromatic heterocycles. The molecule has 2 rings (SSSR count). The Labute approximate surface area is 152 Å². The molecule has 0 saturated heterocycles. The van der Waals surface area contributed by atoms with Crippen molar-refractivity contribution in [1.82, 2.24) is 0 Å². The van der Waals surface area contributed by atoms with Gasteiger partial charge in [0.1, 0.15) is 16.8 Å². The van der Waals surface area contributed by atoms with Crippen LogP contribution in [-0.2, 0) is 14.3 Å². The van der Waals surface area contributed by atoms with Crippen LogP contribution in [0.2, 0.25) is 0 Å². The molecular weight excluding hydrogens is 338 g/mol. The molecule has 1 fully saturated rings. The summed E-state index contributed by atoms with van der Waals surface area (Å²) in [5, 5.41) is 11.4. The summed E-state index contributed by atoms with van der Waals surface area (Å²) in [6.07, 6.45) is 0.976. The zero-order valence-corrected chi connectivity index (χ0v) is 15.6. The third kappa shape index (κ3) is 4.03. The number of hydrogen-bond donors (Lipinski definition) is 0. The molecular formula is C19H25NO6. The first-order chi connectivity index (χ1) is 12.1. The highest BCUT2D eigenvalue weighted by atomic mass is 16.6. The van der Waals surface area contributed by atoms with Crippen LogP contribution in [0.5, 0.6) is 5.75 Å². The van der Waals surface area contributed by atoms with Crippen LogP contribution >= 0.6 is 0 Å². The summed E-state index contributed by atoms with van der Waals surface area (Å²) in [6, 6.07) is 6.74. The van der Waals surface area contributed by atoms with Gasteiger partial charge in [-0.15, -0.1) is 0 Å². The van der Waals surface area contributed by atoms with Crippen molar-refractivity contribution in [2.24, 2.45) is 5.41 Å². The molecule has 1 aliphatic carbocycles. The van der Waals surface area contributed by atoms with E-state index in [0.717, 1.165) is 0 Å². The quantitative estimate of drug-likeness (QED) is 0.333. The normalized spacial score (nSPS) is 21.3. The lowest BCUT2D eigenvalue weighted by molar-refractivity contribution is -0.485. The number of benzene rings is 1. The van der Waals surface area contributed by atoms with Gasteiger partial charge >= 0.3 is 5.97 Å². The van der Waals surface area contributed by atoms with Gasteiger partial charge in [-0.25, -0.2) is 0 Å². The molecule has 0 amide bonds. The predicted octanol–water partition coefficient (Wildman–Crippen LogP) is 3.14. The average molecular weight is 363 g/mol. The van der Waals surface area contributed by atoms with Gasteiger partial charge in [0.25, 0.3) is 0 Å². The van der Waals surface area contributed by atoms with Crippen LogP contribution in [-0.4, -0.2) is 35.9 Å². The number of carbonyl (C=O) groups excluding carboxylic acids is 2. The molecule has 1 saturated carbocycles. The van der Waals surface area contributed by atoms with E-state index in [0.29, 0.717) is 17.7 Å².